The zero-order valence-corrected chi connectivity index (χ0v) is 16.0. The van der Waals surface area contributed by atoms with Crippen LogP contribution >= 0.6 is 0 Å². The maximum absolute atomic E-state index is 12.2. The van der Waals surface area contributed by atoms with Crippen LogP contribution in [0.1, 0.15) is 11.1 Å². The molecule has 0 unspecified atom stereocenters. The van der Waals surface area contributed by atoms with Crippen LogP contribution in [0.25, 0.3) is 22.3 Å². The highest BCUT2D eigenvalue weighted by molar-refractivity contribution is 7.90. The summed E-state index contributed by atoms with van der Waals surface area (Å²) in [5.74, 6) is 0.346. The van der Waals surface area contributed by atoms with Crippen molar-refractivity contribution in [1.82, 2.24) is 4.98 Å². The lowest BCUT2D eigenvalue weighted by atomic mass is 9.93. The summed E-state index contributed by atoms with van der Waals surface area (Å²) in [6.07, 6.45) is 4.16. The second-order valence-corrected chi connectivity index (χ2v) is 8.10. The van der Waals surface area contributed by atoms with Gasteiger partial charge in [-0.25, -0.2) is 8.42 Å². The number of methoxy groups -OCH3 is 1. The summed E-state index contributed by atoms with van der Waals surface area (Å²) < 4.78 is 29.8. The van der Waals surface area contributed by atoms with Gasteiger partial charge in [-0.05, 0) is 41.5 Å². The van der Waals surface area contributed by atoms with Crippen LogP contribution in [0.3, 0.4) is 0 Å². The number of nitriles is 2. The molecule has 138 valence electrons. The maximum Gasteiger partial charge on any atom is 0.175 e. The van der Waals surface area contributed by atoms with Gasteiger partial charge in [0, 0.05) is 29.8 Å². The van der Waals surface area contributed by atoms with Crippen LogP contribution in [-0.4, -0.2) is 26.8 Å². The topological polar surface area (TPSA) is 104 Å². The standard InChI is InChI=1S/C21H15N3O3S/c1-27-20-9-18(28(2,25)26)8-19(16-5-3-14(10-22)4-6-16)21(20)17-7-15(11-23)12-24-13-17/h3-9,12-13H,1-2H3. The minimum atomic E-state index is -3.49. The van der Waals surface area contributed by atoms with E-state index in [0.717, 1.165) is 6.26 Å². The lowest BCUT2D eigenvalue weighted by Gasteiger charge is -2.16. The first-order valence-electron chi connectivity index (χ1n) is 8.15. The summed E-state index contributed by atoms with van der Waals surface area (Å²) in [6.45, 7) is 0. The van der Waals surface area contributed by atoms with Gasteiger partial charge in [0.25, 0.3) is 0 Å². The van der Waals surface area contributed by atoms with Crippen LogP contribution in [0.15, 0.2) is 59.8 Å². The zero-order valence-electron chi connectivity index (χ0n) is 15.2. The Kier molecular flexibility index (Phi) is 5.12. The van der Waals surface area contributed by atoms with Crippen molar-refractivity contribution in [2.75, 3.05) is 13.4 Å². The molecule has 0 N–H and O–H groups in total. The lowest BCUT2D eigenvalue weighted by molar-refractivity contribution is 0.415. The second kappa shape index (κ2) is 7.51. The van der Waals surface area contributed by atoms with E-state index < -0.39 is 9.84 Å². The normalized spacial score (nSPS) is 10.7. The highest BCUT2D eigenvalue weighted by Gasteiger charge is 2.20. The molecule has 1 aromatic heterocycles. The van der Waals surface area contributed by atoms with E-state index in [4.69, 9.17) is 10.00 Å². The fourth-order valence-corrected chi connectivity index (χ4v) is 3.51. The van der Waals surface area contributed by atoms with Crippen molar-refractivity contribution in [2.45, 2.75) is 4.90 Å². The average molecular weight is 389 g/mol. The number of hydrogen-bond acceptors (Lipinski definition) is 6. The number of ether oxygens (including phenoxy) is 1. The molecule has 0 spiro atoms. The molecule has 2 aromatic carbocycles. The minimum absolute atomic E-state index is 0.108. The van der Waals surface area contributed by atoms with Crippen LogP contribution < -0.4 is 4.74 Å². The van der Waals surface area contributed by atoms with Crippen LogP contribution in [0.2, 0.25) is 0 Å². The number of aromatic nitrogens is 1. The van der Waals surface area contributed by atoms with Gasteiger partial charge in [-0.15, -0.1) is 0 Å². The molecule has 28 heavy (non-hydrogen) atoms. The fraction of sp³-hybridized carbons (Fsp3) is 0.0952. The first-order chi connectivity index (χ1) is 13.4. The van der Waals surface area contributed by atoms with Crippen molar-refractivity contribution in [2.24, 2.45) is 0 Å². The van der Waals surface area contributed by atoms with E-state index in [0.29, 0.717) is 39.1 Å². The van der Waals surface area contributed by atoms with E-state index in [-0.39, 0.29) is 4.90 Å². The summed E-state index contributed by atoms with van der Waals surface area (Å²) >= 11 is 0. The van der Waals surface area contributed by atoms with Gasteiger partial charge in [-0.3, -0.25) is 4.98 Å². The van der Waals surface area contributed by atoms with E-state index in [2.05, 4.69) is 11.1 Å². The fourth-order valence-electron chi connectivity index (χ4n) is 2.85. The predicted molar refractivity (Wildman–Crippen MR) is 104 cm³/mol. The molecule has 0 aliphatic carbocycles. The van der Waals surface area contributed by atoms with Crippen molar-refractivity contribution in [3.05, 3.63) is 66.0 Å². The Balaban J connectivity index is 2.38. The SMILES string of the molecule is COc1cc(S(C)(=O)=O)cc(-c2ccc(C#N)cc2)c1-c1cncc(C#N)c1. The monoisotopic (exact) mass is 389 g/mol. The minimum Gasteiger partial charge on any atom is -0.496 e. The molecule has 0 bridgehead atoms. The average Bonchev–Trinajstić information content (AvgIpc) is 2.72. The van der Waals surface area contributed by atoms with Crippen molar-refractivity contribution < 1.29 is 13.2 Å². The van der Waals surface area contributed by atoms with E-state index in [1.807, 2.05) is 6.07 Å². The molecule has 6 nitrogen and oxygen atoms in total. The molecular weight excluding hydrogens is 374 g/mol. The van der Waals surface area contributed by atoms with E-state index in [9.17, 15) is 13.7 Å². The van der Waals surface area contributed by atoms with Gasteiger partial charge in [-0.1, -0.05) is 12.1 Å². The molecule has 0 saturated carbocycles. The molecule has 1 heterocycles. The third-order valence-electron chi connectivity index (χ3n) is 4.20. The first-order valence-corrected chi connectivity index (χ1v) is 10.0. The highest BCUT2D eigenvalue weighted by atomic mass is 32.2. The van der Waals surface area contributed by atoms with Crippen molar-refractivity contribution >= 4 is 9.84 Å². The number of nitrogens with zero attached hydrogens (tertiary/aromatic N) is 3. The maximum atomic E-state index is 12.2. The number of sulfone groups is 1. The van der Waals surface area contributed by atoms with Crippen LogP contribution in [0, 0.1) is 22.7 Å². The van der Waals surface area contributed by atoms with Crippen LogP contribution in [0.4, 0.5) is 0 Å². The number of rotatable bonds is 4. The molecule has 0 fully saturated rings. The summed E-state index contributed by atoms with van der Waals surface area (Å²) in [4.78, 5) is 4.21. The van der Waals surface area contributed by atoms with Gasteiger partial charge in [-0.2, -0.15) is 10.5 Å². The number of pyridine rings is 1. The molecule has 0 aliphatic heterocycles. The van der Waals surface area contributed by atoms with Gasteiger partial charge in [0.2, 0.25) is 0 Å². The molecule has 0 atom stereocenters. The zero-order chi connectivity index (χ0) is 20.3. The molecule has 0 aliphatic rings. The molecule has 0 amide bonds. The third kappa shape index (κ3) is 3.71. The molecule has 7 heteroatoms. The van der Waals surface area contributed by atoms with Crippen molar-refractivity contribution in [1.29, 1.82) is 10.5 Å². The van der Waals surface area contributed by atoms with Gasteiger partial charge >= 0.3 is 0 Å². The largest absolute Gasteiger partial charge is 0.496 e. The van der Waals surface area contributed by atoms with Crippen molar-refractivity contribution in [3.63, 3.8) is 0 Å². The molecule has 3 rings (SSSR count). The Morgan fingerprint density at radius 3 is 2.18 bits per heavy atom. The molecular formula is C21H15N3O3S. The Morgan fingerprint density at radius 2 is 1.61 bits per heavy atom. The van der Waals surface area contributed by atoms with Gasteiger partial charge in [0.1, 0.15) is 11.8 Å². The van der Waals surface area contributed by atoms with Crippen LogP contribution in [-0.2, 0) is 9.84 Å². The van der Waals surface area contributed by atoms with Gasteiger partial charge in [0.15, 0.2) is 9.84 Å². The Morgan fingerprint density at radius 1 is 0.929 bits per heavy atom. The Labute approximate surface area is 163 Å². The van der Waals surface area contributed by atoms with Crippen LogP contribution in [0.5, 0.6) is 5.75 Å². The Hall–Kier alpha value is -3.68. The van der Waals surface area contributed by atoms with E-state index in [1.54, 1.807) is 42.6 Å². The van der Waals surface area contributed by atoms with Gasteiger partial charge in [0.05, 0.1) is 29.2 Å². The predicted octanol–water partition coefficient (Wildman–Crippen LogP) is 3.57. The number of hydrogen-bond donors (Lipinski definition) is 0. The first kappa shape index (κ1) is 19.1. The van der Waals surface area contributed by atoms with Gasteiger partial charge < -0.3 is 4.74 Å². The third-order valence-corrected chi connectivity index (χ3v) is 5.30. The van der Waals surface area contributed by atoms with E-state index in [1.165, 1.54) is 19.4 Å². The lowest BCUT2D eigenvalue weighted by Crippen LogP contribution is -2.01. The van der Waals surface area contributed by atoms with E-state index >= 15 is 0 Å². The highest BCUT2D eigenvalue weighted by Crippen LogP contribution is 2.41. The summed E-state index contributed by atoms with van der Waals surface area (Å²) in [5, 5.41) is 18.2. The Bertz CT molecular complexity index is 1240. The smallest absolute Gasteiger partial charge is 0.175 e. The number of benzene rings is 2. The molecule has 3 aromatic rings. The summed E-state index contributed by atoms with van der Waals surface area (Å²) in [5.41, 5.74) is 3.41. The molecule has 0 radical (unpaired) electrons. The quantitative estimate of drug-likeness (QED) is 0.676. The van der Waals surface area contributed by atoms with Crippen molar-refractivity contribution in [3.8, 4) is 40.1 Å². The molecule has 0 saturated heterocycles. The second-order valence-electron chi connectivity index (χ2n) is 6.08. The summed E-state index contributed by atoms with van der Waals surface area (Å²) in [6, 6.07) is 15.6. The summed E-state index contributed by atoms with van der Waals surface area (Å²) in [7, 11) is -2.04.